The van der Waals surface area contributed by atoms with Gasteiger partial charge >= 0.3 is 6.18 Å². The fraction of sp³-hybridized carbons (Fsp3) is 0.400. The second kappa shape index (κ2) is 6.73. The third-order valence-corrected chi connectivity index (χ3v) is 6.19. The standard InChI is InChI=1S/C15H15BrF3N3O2S/c16-14-5-20-21(9-14)6-12-7-22(8-12)25(23,24)10-11-1-3-13(4-2-11)15(17,18)19/h1-5,9,12H,6-8,10H2. The third kappa shape index (κ3) is 4.42. The minimum Gasteiger partial charge on any atom is -0.271 e. The first-order valence-electron chi connectivity index (χ1n) is 7.45. The molecule has 25 heavy (non-hydrogen) atoms. The summed E-state index contributed by atoms with van der Waals surface area (Å²) >= 11 is 3.30. The van der Waals surface area contributed by atoms with Crippen LogP contribution in [0.4, 0.5) is 13.2 Å². The summed E-state index contributed by atoms with van der Waals surface area (Å²) in [7, 11) is -3.53. The number of rotatable bonds is 5. The molecule has 0 atom stereocenters. The van der Waals surface area contributed by atoms with Crippen molar-refractivity contribution in [2.24, 2.45) is 5.92 Å². The Morgan fingerprint density at radius 2 is 1.84 bits per heavy atom. The Balaban J connectivity index is 1.56. The number of aromatic nitrogens is 2. The van der Waals surface area contributed by atoms with Gasteiger partial charge in [0, 0.05) is 31.7 Å². The van der Waals surface area contributed by atoms with Crippen LogP contribution in [-0.2, 0) is 28.5 Å². The summed E-state index contributed by atoms with van der Waals surface area (Å²) in [5, 5.41) is 4.13. The van der Waals surface area contributed by atoms with E-state index in [-0.39, 0.29) is 11.7 Å². The Morgan fingerprint density at radius 3 is 2.36 bits per heavy atom. The van der Waals surface area contributed by atoms with E-state index in [0.717, 1.165) is 16.6 Å². The monoisotopic (exact) mass is 437 g/mol. The lowest BCUT2D eigenvalue weighted by Crippen LogP contribution is -2.51. The highest BCUT2D eigenvalue weighted by atomic mass is 79.9. The first kappa shape index (κ1) is 18.4. The van der Waals surface area contributed by atoms with E-state index in [2.05, 4.69) is 21.0 Å². The number of hydrogen-bond acceptors (Lipinski definition) is 3. The zero-order valence-electron chi connectivity index (χ0n) is 12.9. The summed E-state index contributed by atoms with van der Waals surface area (Å²) in [6.45, 7) is 1.40. The molecule has 1 aromatic heterocycles. The van der Waals surface area contributed by atoms with Gasteiger partial charge in [0.05, 0.1) is 22.0 Å². The van der Waals surface area contributed by atoms with Gasteiger partial charge < -0.3 is 0 Å². The predicted molar refractivity (Wildman–Crippen MR) is 89.1 cm³/mol. The van der Waals surface area contributed by atoms with Gasteiger partial charge in [0.25, 0.3) is 0 Å². The van der Waals surface area contributed by atoms with E-state index in [9.17, 15) is 21.6 Å². The van der Waals surface area contributed by atoms with E-state index in [0.29, 0.717) is 25.2 Å². The highest BCUT2D eigenvalue weighted by Gasteiger charge is 2.36. The van der Waals surface area contributed by atoms with Crippen LogP contribution >= 0.6 is 15.9 Å². The molecule has 1 aliphatic heterocycles. The normalized spacial score (nSPS) is 16.8. The zero-order valence-corrected chi connectivity index (χ0v) is 15.4. The van der Waals surface area contributed by atoms with Gasteiger partial charge in [-0.2, -0.15) is 18.3 Å². The molecule has 1 saturated heterocycles. The molecule has 2 aromatic rings. The van der Waals surface area contributed by atoms with Gasteiger partial charge in [-0.05, 0) is 33.6 Å². The average Bonchev–Trinajstić information content (AvgIpc) is 2.87. The number of nitrogens with zero attached hydrogens (tertiary/aromatic N) is 3. The molecule has 1 aliphatic rings. The molecule has 3 rings (SSSR count). The topological polar surface area (TPSA) is 55.2 Å². The highest BCUT2D eigenvalue weighted by Crippen LogP contribution is 2.30. The smallest absolute Gasteiger partial charge is 0.271 e. The van der Waals surface area contributed by atoms with Crippen molar-refractivity contribution in [2.45, 2.75) is 18.5 Å². The van der Waals surface area contributed by atoms with Crippen LogP contribution in [0.3, 0.4) is 0 Å². The molecule has 0 unspecified atom stereocenters. The summed E-state index contributed by atoms with van der Waals surface area (Å²) in [4.78, 5) is 0. The third-order valence-electron chi connectivity index (χ3n) is 3.99. The van der Waals surface area contributed by atoms with Gasteiger partial charge in [-0.3, -0.25) is 4.68 Å². The summed E-state index contributed by atoms with van der Waals surface area (Å²) < 4.78 is 66.2. The predicted octanol–water partition coefficient (Wildman–Crippen LogP) is 3.13. The molecule has 10 heteroatoms. The molecule has 136 valence electrons. The lowest BCUT2D eigenvalue weighted by molar-refractivity contribution is -0.137. The lowest BCUT2D eigenvalue weighted by Gasteiger charge is -2.38. The molecule has 0 spiro atoms. The lowest BCUT2D eigenvalue weighted by atomic mass is 10.0. The van der Waals surface area contributed by atoms with Crippen molar-refractivity contribution in [1.82, 2.24) is 14.1 Å². The SMILES string of the molecule is O=S(=O)(Cc1ccc(C(F)(F)F)cc1)N1CC(Cn2cc(Br)cn2)C1. The second-order valence-electron chi connectivity index (χ2n) is 6.01. The van der Waals surface area contributed by atoms with Gasteiger partial charge in [0.1, 0.15) is 0 Å². The van der Waals surface area contributed by atoms with Crippen LogP contribution in [0.25, 0.3) is 0 Å². The quantitative estimate of drug-likeness (QED) is 0.721. The maximum atomic E-state index is 12.5. The summed E-state index contributed by atoms with van der Waals surface area (Å²) in [5.74, 6) is -0.125. The Kier molecular flexibility index (Phi) is 4.95. The minimum absolute atomic E-state index is 0.175. The Hall–Kier alpha value is -1.39. The first-order chi connectivity index (χ1) is 11.6. The molecule has 0 saturated carbocycles. The van der Waals surface area contributed by atoms with Gasteiger partial charge in [-0.1, -0.05) is 12.1 Å². The van der Waals surface area contributed by atoms with Crippen molar-refractivity contribution >= 4 is 26.0 Å². The van der Waals surface area contributed by atoms with Crippen molar-refractivity contribution in [3.05, 3.63) is 52.3 Å². The molecule has 0 bridgehead atoms. The molecule has 0 amide bonds. The van der Waals surface area contributed by atoms with E-state index >= 15 is 0 Å². The van der Waals surface area contributed by atoms with Crippen LogP contribution < -0.4 is 0 Å². The first-order valence-corrected chi connectivity index (χ1v) is 9.85. The number of halogens is 4. The van der Waals surface area contributed by atoms with Crippen LogP contribution in [0.15, 0.2) is 41.1 Å². The van der Waals surface area contributed by atoms with Gasteiger partial charge in [-0.15, -0.1) is 0 Å². The van der Waals surface area contributed by atoms with Crippen molar-refractivity contribution in [2.75, 3.05) is 13.1 Å². The summed E-state index contributed by atoms with van der Waals surface area (Å²) in [6, 6.07) is 4.22. The van der Waals surface area contributed by atoms with E-state index in [1.165, 1.54) is 16.4 Å². The second-order valence-corrected chi connectivity index (χ2v) is 8.90. The van der Waals surface area contributed by atoms with Gasteiger partial charge in [-0.25, -0.2) is 12.7 Å². The molecular weight excluding hydrogens is 423 g/mol. The van der Waals surface area contributed by atoms with Gasteiger partial charge in [0.2, 0.25) is 10.0 Å². The number of alkyl halides is 3. The number of benzene rings is 1. The van der Waals surface area contributed by atoms with Gasteiger partial charge in [0.15, 0.2) is 0 Å². The maximum Gasteiger partial charge on any atom is 0.416 e. The Labute approximate surface area is 151 Å². The summed E-state index contributed by atoms with van der Waals surface area (Å²) in [6.07, 6.45) is -0.944. The highest BCUT2D eigenvalue weighted by molar-refractivity contribution is 9.10. The fourth-order valence-corrected chi connectivity index (χ4v) is 4.66. The van der Waals surface area contributed by atoms with Crippen LogP contribution in [0, 0.1) is 5.92 Å². The molecule has 2 heterocycles. The largest absolute Gasteiger partial charge is 0.416 e. The van der Waals surface area contributed by atoms with Crippen molar-refractivity contribution in [3.63, 3.8) is 0 Å². The molecule has 0 aliphatic carbocycles. The molecule has 0 radical (unpaired) electrons. The Morgan fingerprint density at radius 1 is 1.20 bits per heavy atom. The fourth-order valence-electron chi connectivity index (χ4n) is 2.66. The van der Waals surface area contributed by atoms with E-state index in [1.54, 1.807) is 10.9 Å². The molecular formula is C15H15BrF3N3O2S. The minimum atomic E-state index is -4.43. The van der Waals surface area contributed by atoms with E-state index in [1.807, 2.05) is 6.20 Å². The molecule has 1 aromatic carbocycles. The molecule has 1 fully saturated rings. The summed E-state index contributed by atoms with van der Waals surface area (Å²) in [5.41, 5.74) is -0.449. The number of hydrogen-bond donors (Lipinski definition) is 0. The van der Waals surface area contributed by atoms with Crippen molar-refractivity contribution in [1.29, 1.82) is 0 Å². The Bertz CT molecular complexity index is 844. The van der Waals surface area contributed by atoms with Crippen molar-refractivity contribution in [3.8, 4) is 0 Å². The average molecular weight is 438 g/mol. The number of sulfonamides is 1. The van der Waals surface area contributed by atoms with E-state index in [4.69, 9.17) is 0 Å². The van der Waals surface area contributed by atoms with E-state index < -0.39 is 21.8 Å². The van der Waals surface area contributed by atoms with Crippen LogP contribution in [-0.4, -0.2) is 35.6 Å². The van der Waals surface area contributed by atoms with Crippen LogP contribution in [0.2, 0.25) is 0 Å². The van der Waals surface area contributed by atoms with Crippen LogP contribution in [0.5, 0.6) is 0 Å². The van der Waals surface area contributed by atoms with Crippen molar-refractivity contribution < 1.29 is 21.6 Å². The maximum absolute atomic E-state index is 12.5. The van der Waals surface area contributed by atoms with Crippen LogP contribution in [0.1, 0.15) is 11.1 Å². The zero-order chi connectivity index (χ0) is 18.2. The molecule has 5 nitrogen and oxygen atoms in total. The molecule has 0 N–H and O–H groups in total.